The average Bonchev–Trinajstić information content (AvgIpc) is 2.77. The molecule has 1 aromatic heterocycles. The molecule has 1 aromatic rings. The number of thiazole rings is 1. The van der Waals surface area contributed by atoms with Gasteiger partial charge in [0.05, 0.1) is 6.20 Å². The van der Waals surface area contributed by atoms with Gasteiger partial charge < -0.3 is 10.4 Å². The van der Waals surface area contributed by atoms with Crippen molar-refractivity contribution in [2.24, 2.45) is 11.8 Å². The van der Waals surface area contributed by atoms with Crippen molar-refractivity contribution in [2.75, 3.05) is 11.9 Å². The third-order valence-corrected chi connectivity index (χ3v) is 4.34. The molecular weight excluding hydrogens is 236 g/mol. The number of rotatable bonds is 4. The van der Waals surface area contributed by atoms with Gasteiger partial charge >= 0.3 is 5.97 Å². The molecule has 94 valence electrons. The van der Waals surface area contributed by atoms with Gasteiger partial charge in [-0.25, -0.2) is 9.78 Å². The van der Waals surface area contributed by atoms with E-state index >= 15 is 0 Å². The van der Waals surface area contributed by atoms with Crippen molar-refractivity contribution >= 4 is 22.4 Å². The second kappa shape index (κ2) is 5.49. The first-order valence-corrected chi connectivity index (χ1v) is 6.90. The number of carboxylic acid groups (broad SMARTS) is 1. The van der Waals surface area contributed by atoms with Gasteiger partial charge in [0.2, 0.25) is 0 Å². The van der Waals surface area contributed by atoms with E-state index in [2.05, 4.69) is 17.2 Å². The molecule has 0 bridgehead atoms. The maximum absolute atomic E-state index is 10.7. The lowest BCUT2D eigenvalue weighted by Crippen LogP contribution is -2.20. The zero-order valence-electron chi connectivity index (χ0n) is 9.98. The summed E-state index contributed by atoms with van der Waals surface area (Å²) in [5.74, 6) is 0.676. The van der Waals surface area contributed by atoms with E-state index in [-0.39, 0.29) is 0 Å². The number of anilines is 1. The van der Waals surface area contributed by atoms with Crippen LogP contribution in [0, 0.1) is 11.8 Å². The summed E-state index contributed by atoms with van der Waals surface area (Å²) in [7, 11) is 0. The van der Waals surface area contributed by atoms with E-state index in [4.69, 9.17) is 5.11 Å². The van der Waals surface area contributed by atoms with Gasteiger partial charge in [0.1, 0.15) is 4.88 Å². The van der Waals surface area contributed by atoms with Gasteiger partial charge in [-0.05, 0) is 24.7 Å². The number of nitrogens with one attached hydrogen (secondary N) is 1. The van der Waals surface area contributed by atoms with Crippen LogP contribution in [-0.4, -0.2) is 22.6 Å². The number of hydrogen-bond donors (Lipinski definition) is 2. The van der Waals surface area contributed by atoms with Gasteiger partial charge in [-0.1, -0.05) is 31.1 Å². The van der Waals surface area contributed by atoms with Crippen LogP contribution in [-0.2, 0) is 0 Å². The highest BCUT2D eigenvalue weighted by atomic mass is 32.1. The van der Waals surface area contributed by atoms with Gasteiger partial charge in [0.25, 0.3) is 0 Å². The maximum Gasteiger partial charge on any atom is 0.347 e. The van der Waals surface area contributed by atoms with Crippen molar-refractivity contribution in [3.8, 4) is 0 Å². The van der Waals surface area contributed by atoms with Crippen LogP contribution in [0.4, 0.5) is 5.13 Å². The first-order valence-electron chi connectivity index (χ1n) is 6.08. The van der Waals surface area contributed by atoms with Crippen molar-refractivity contribution in [3.05, 3.63) is 11.1 Å². The molecule has 0 saturated heterocycles. The number of aromatic nitrogens is 1. The van der Waals surface area contributed by atoms with Crippen molar-refractivity contribution in [3.63, 3.8) is 0 Å². The summed E-state index contributed by atoms with van der Waals surface area (Å²) in [5.41, 5.74) is 0. The quantitative estimate of drug-likeness (QED) is 0.866. The molecule has 1 fully saturated rings. The molecule has 2 N–H and O–H groups in total. The predicted molar refractivity (Wildman–Crippen MR) is 68.7 cm³/mol. The highest BCUT2D eigenvalue weighted by Gasteiger charge is 2.18. The summed E-state index contributed by atoms with van der Waals surface area (Å²) in [6.45, 7) is 3.23. The lowest BCUT2D eigenvalue weighted by atomic mass is 9.83. The van der Waals surface area contributed by atoms with Crippen LogP contribution in [0.3, 0.4) is 0 Å². The number of hydrogen-bond acceptors (Lipinski definition) is 4. The Balaban J connectivity index is 1.79. The van der Waals surface area contributed by atoms with Crippen molar-refractivity contribution in [2.45, 2.75) is 32.6 Å². The minimum atomic E-state index is -0.901. The molecule has 5 heteroatoms. The molecule has 1 aliphatic carbocycles. The molecule has 2 rings (SSSR count). The summed E-state index contributed by atoms with van der Waals surface area (Å²) in [5, 5.41) is 12.8. The van der Waals surface area contributed by atoms with Crippen LogP contribution in [0.15, 0.2) is 6.20 Å². The summed E-state index contributed by atoms with van der Waals surface area (Å²) < 4.78 is 0. The molecular formula is C12H18N2O2S. The zero-order chi connectivity index (χ0) is 12.3. The molecule has 0 radical (unpaired) electrons. The summed E-state index contributed by atoms with van der Waals surface area (Å²) in [4.78, 5) is 15.1. The van der Waals surface area contributed by atoms with Gasteiger partial charge in [-0.3, -0.25) is 0 Å². The molecule has 0 aromatic carbocycles. The highest BCUT2D eigenvalue weighted by Crippen LogP contribution is 2.28. The predicted octanol–water partition coefficient (Wildman–Crippen LogP) is 3.08. The van der Waals surface area contributed by atoms with E-state index in [1.165, 1.54) is 43.2 Å². The third kappa shape index (κ3) is 3.43. The third-order valence-electron chi connectivity index (χ3n) is 3.39. The second-order valence-electron chi connectivity index (χ2n) is 4.84. The molecule has 4 nitrogen and oxygen atoms in total. The normalized spacial score (nSPS) is 24.5. The van der Waals surface area contributed by atoms with E-state index in [1.54, 1.807) is 0 Å². The first-order chi connectivity index (χ1) is 8.15. The lowest BCUT2D eigenvalue weighted by molar-refractivity contribution is 0.0702. The molecule has 0 unspecified atom stereocenters. The summed E-state index contributed by atoms with van der Waals surface area (Å²) in [6, 6.07) is 0. The number of aromatic carboxylic acids is 1. The van der Waals surface area contributed by atoms with E-state index in [9.17, 15) is 4.79 Å². The monoisotopic (exact) mass is 254 g/mol. The number of nitrogens with zero attached hydrogens (tertiary/aromatic N) is 1. The Morgan fingerprint density at radius 3 is 2.82 bits per heavy atom. The molecule has 1 heterocycles. The fourth-order valence-corrected chi connectivity index (χ4v) is 2.88. The summed E-state index contributed by atoms with van der Waals surface area (Å²) in [6.07, 6.45) is 6.57. The van der Waals surface area contributed by atoms with E-state index < -0.39 is 5.97 Å². The topological polar surface area (TPSA) is 62.2 Å². The SMILES string of the molecule is CC1CCC(CNc2ncc(C(=O)O)s2)CC1. The van der Waals surface area contributed by atoms with E-state index in [0.717, 1.165) is 17.6 Å². The highest BCUT2D eigenvalue weighted by molar-refractivity contribution is 7.17. The summed E-state index contributed by atoms with van der Waals surface area (Å²) >= 11 is 1.21. The lowest BCUT2D eigenvalue weighted by Gasteiger charge is -2.26. The zero-order valence-corrected chi connectivity index (χ0v) is 10.8. The minimum Gasteiger partial charge on any atom is -0.477 e. The van der Waals surface area contributed by atoms with Crippen LogP contribution in [0.25, 0.3) is 0 Å². The Bertz CT molecular complexity index is 384. The van der Waals surface area contributed by atoms with E-state index in [0.29, 0.717) is 10.8 Å². The Labute approximate surface area is 105 Å². The van der Waals surface area contributed by atoms with E-state index in [1.807, 2.05) is 0 Å². The first kappa shape index (κ1) is 12.4. The van der Waals surface area contributed by atoms with Crippen LogP contribution in [0.1, 0.15) is 42.3 Å². The molecule has 1 saturated carbocycles. The molecule has 0 atom stereocenters. The minimum absolute atomic E-state index is 0.296. The number of carbonyl (C=O) groups is 1. The van der Waals surface area contributed by atoms with Gasteiger partial charge in [0.15, 0.2) is 5.13 Å². The largest absolute Gasteiger partial charge is 0.477 e. The molecule has 0 aliphatic heterocycles. The molecule has 0 amide bonds. The van der Waals surface area contributed by atoms with Gasteiger partial charge in [0, 0.05) is 6.54 Å². The average molecular weight is 254 g/mol. The standard InChI is InChI=1S/C12H18N2O2S/c1-8-2-4-9(5-3-8)6-13-12-14-7-10(17-12)11(15)16/h7-9H,2-6H2,1H3,(H,13,14)(H,15,16). The van der Waals surface area contributed by atoms with Gasteiger partial charge in [-0.2, -0.15) is 0 Å². The fourth-order valence-electron chi connectivity index (χ4n) is 2.22. The Hall–Kier alpha value is -1.10. The number of carboxylic acids is 1. The maximum atomic E-state index is 10.7. The molecule has 0 spiro atoms. The van der Waals surface area contributed by atoms with Crippen molar-refractivity contribution in [1.82, 2.24) is 4.98 Å². The Kier molecular flexibility index (Phi) is 3.99. The van der Waals surface area contributed by atoms with Crippen LogP contribution >= 0.6 is 11.3 Å². The van der Waals surface area contributed by atoms with Crippen molar-refractivity contribution in [1.29, 1.82) is 0 Å². The molecule has 17 heavy (non-hydrogen) atoms. The smallest absolute Gasteiger partial charge is 0.347 e. The van der Waals surface area contributed by atoms with Crippen LogP contribution in [0.5, 0.6) is 0 Å². The Morgan fingerprint density at radius 1 is 1.53 bits per heavy atom. The fraction of sp³-hybridized carbons (Fsp3) is 0.667. The Morgan fingerprint density at radius 2 is 2.24 bits per heavy atom. The van der Waals surface area contributed by atoms with Crippen LogP contribution in [0.2, 0.25) is 0 Å². The van der Waals surface area contributed by atoms with Crippen molar-refractivity contribution < 1.29 is 9.90 Å². The molecule has 1 aliphatic rings. The van der Waals surface area contributed by atoms with Crippen LogP contribution < -0.4 is 5.32 Å². The van der Waals surface area contributed by atoms with Gasteiger partial charge in [-0.15, -0.1) is 0 Å². The second-order valence-corrected chi connectivity index (χ2v) is 5.87.